The van der Waals surface area contributed by atoms with Crippen molar-refractivity contribution in [2.75, 3.05) is 6.61 Å². The minimum absolute atomic E-state index is 0.426. The average Bonchev–Trinajstić information content (AvgIpc) is 1.81. The molecule has 0 aromatic carbocycles. The van der Waals surface area contributed by atoms with E-state index in [1.54, 1.807) is 0 Å². The standard InChI is InChI=1S/C9H19BO/c1-5-6-11-9(4,10)7-8(2)3/h8H,5-7H2,1-4H3. The van der Waals surface area contributed by atoms with Crippen LogP contribution in [-0.2, 0) is 4.74 Å². The molecule has 1 unspecified atom stereocenters. The first-order chi connectivity index (χ1) is 4.98. The molecule has 0 amide bonds. The quantitative estimate of drug-likeness (QED) is 0.552. The molecule has 0 bridgehead atoms. The molecule has 0 aliphatic rings. The summed E-state index contributed by atoms with van der Waals surface area (Å²) in [4.78, 5) is 0. The fourth-order valence-corrected chi connectivity index (χ4v) is 1.20. The second-order valence-corrected chi connectivity index (χ2v) is 3.76. The predicted octanol–water partition coefficient (Wildman–Crippen LogP) is 2.34. The summed E-state index contributed by atoms with van der Waals surface area (Å²) in [6, 6.07) is 0. The van der Waals surface area contributed by atoms with Gasteiger partial charge < -0.3 is 4.74 Å². The van der Waals surface area contributed by atoms with Crippen LogP contribution in [0.2, 0.25) is 0 Å². The van der Waals surface area contributed by atoms with E-state index >= 15 is 0 Å². The average molecular weight is 154 g/mol. The Morgan fingerprint density at radius 1 is 1.45 bits per heavy atom. The molecule has 1 atom stereocenters. The number of hydrogen-bond acceptors (Lipinski definition) is 1. The highest BCUT2D eigenvalue weighted by molar-refractivity contribution is 6.14. The Labute approximate surface area is 71.9 Å². The zero-order valence-corrected chi connectivity index (χ0v) is 8.18. The van der Waals surface area contributed by atoms with Crippen molar-refractivity contribution in [1.82, 2.24) is 0 Å². The Kier molecular flexibility index (Phi) is 4.82. The van der Waals surface area contributed by atoms with E-state index in [-0.39, 0.29) is 0 Å². The van der Waals surface area contributed by atoms with Crippen LogP contribution in [-0.4, -0.2) is 20.0 Å². The molecule has 0 aromatic heterocycles. The third-order valence-electron chi connectivity index (χ3n) is 1.45. The molecule has 1 nitrogen and oxygen atoms in total. The van der Waals surface area contributed by atoms with Gasteiger partial charge in [0.1, 0.15) is 7.85 Å². The highest BCUT2D eigenvalue weighted by atomic mass is 16.5. The van der Waals surface area contributed by atoms with Crippen LogP contribution in [0.4, 0.5) is 0 Å². The zero-order valence-electron chi connectivity index (χ0n) is 8.18. The summed E-state index contributed by atoms with van der Waals surface area (Å²) >= 11 is 0. The van der Waals surface area contributed by atoms with Crippen LogP contribution in [0.5, 0.6) is 0 Å². The van der Waals surface area contributed by atoms with E-state index in [0.717, 1.165) is 19.4 Å². The molecule has 2 radical (unpaired) electrons. The molecule has 0 aromatic rings. The topological polar surface area (TPSA) is 9.23 Å². The largest absolute Gasteiger partial charge is 0.385 e. The smallest absolute Gasteiger partial charge is 0.113 e. The summed E-state index contributed by atoms with van der Waals surface area (Å²) < 4.78 is 5.47. The monoisotopic (exact) mass is 154 g/mol. The summed E-state index contributed by atoms with van der Waals surface area (Å²) in [6.45, 7) is 9.11. The summed E-state index contributed by atoms with van der Waals surface area (Å²) in [5, 5.41) is 0. The zero-order chi connectivity index (χ0) is 8.91. The van der Waals surface area contributed by atoms with Crippen molar-refractivity contribution in [2.45, 2.75) is 46.0 Å². The first-order valence-corrected chi connectivity index (χ1v) is 4.41. The molecular formula is C9H19BO. The molecule has 0 aliphatic heterocycles. The molecule has 0 aliphatic carbocycles. The molecule has 0 spiro atoms. The SMILES string of the molecule is [B]C(C)(CC(C)C)OCCC. The van der Waals surface area contributed by atoms with Crippen LogP contribution in [0.3, 0.4) is 0 Å². The third-order valence-corrected chi connectivity index (χ3v) is 1.45. The molecular weight excluding hydrogens is 135 g/mol. The summed E-state index contributed by atoms with van der Waals surface area (Å²) in [7, 11) is 5.88. The lowest BCUT2D eigenvalue weighted by atomic mass is 9.77. The summed E-state index contributed by atoms with van der Waals surface area (Å²) in [5.41, 5.74) is -0.426. The Morgan fingerprint density at radius 2 is 2.00 bits per heavy atom. The van der Waals surface area contributed by atoms with Crippen molar-refractivity contribution < 1.29 is 4.74 Å². The van der Waals surface area contributed by atoms with Gasteiger partial charge in [-0.1, -0.05) is 20.8 Å². The Balaban J connectivity index is 3.61. The Morgan fingerprint density at radius 3 is 2.36 bits per heavy atom. The van der Waals surface area contributed by atoms with Gasteiger partial charge in [-0.25, -0.2) is 0 Å². The lowest BCUT2D eigenvalue weighted by Crippen LogP contribution is -2.31. The highest BCUT2D eigenvalue weighted by Gasteiger charge is 2.18. The molecule has 0 fully saturated rings. The second-order valence-electron chi connectivity index (χ2n) is 3.76. The van der Waals surface area contributed by atoms with Gasteiger partial charge in [0.25, 0.3) is 0 Å². The predicted molar refractivity (Wildman–Crippen MR) is 49.9 cm³/mol. The minimum Gasteiger partial charge on any atom is -0.385 e. The molecule has 0 heterocycles. The third kappa shape index (κ3) is 6.42. The Bertz CT molecular complexity index is 99.7. The number of rotatable bonds is 5. The first kappa shape index (κ1) is 11.0. The van der Waals surface area contributed by atoms with Crippen LogP contribution in [0.1, 0.15) is 40.5 Å². The van der Waals surface area contributed by atoms with Gasteiger partial charge in [0.05, 0.1) is 0 Å². The molecule has 0 saturated heterocycles. The van der Waals surface area contributed by atoms with Crippen LogP contribution < -0.4 is 0 Å². The normalized spacial score (nSPS) is 16.8. The van der Waals surface area contributed by atoms with E-state index in [1.807, 2.05) is 6.92 Å². The van der Waals surface area contributed by atoms with E-state index in [1.165, 1.54) is 0 Å². The van der Waals surface area contributed by atoms with Gasteiger partial charge >= 0.3 is 0 Å². The van der Waals surface area contributed by atoms with Crippen molar-refractivity contribution in [1.29, 1.82) is 0 Å². The van der Waals surface area contributed by atoms with Gasteiger partial charge in [-0.15, -0.1) is 0 Å². The fourth-order valence-electron chi connectivity index (χ4n) is 1.20. The van der Waals surface area contributed by atoms with Crippen LogP contribution in [0.15, 0.2) is 0 Å². The molecule has 2 heteroatoms. The number of ether oxygens (including phenoxy) is 1. The first-order valence-electron chi connectivity index (χ1n) is 4.41. The fraction of sp³-hybridized carbons (Fsp3) is 1.00. The summed E-state index contributed by atoms with van der Waals surface area (Å²) in [5.74, 6) is 0.599. The number of hydrogen-bond donors (Lipinski definition) is 0. The lowest BCUT2D eigenvalue weighted by molar-refractivity contribution is 0.0183. The molecule has 11 heavy (non-hydrogen) atoms. The minimum atomic E-state index is -0.426. The van der Waals surface area contributed by atoms with Gasteiger partial charge in [0.15, 0.2) is 0 Å². The second kappa shape index (κ2) is 4.81. The van der Waals surface area contributed by atoms with Crippen LogP contribution in [0.25, 0.3) is 0 Å². The van der Waals surface area contributed by atoms with E-state index in [9.17, 15) is 0 Å². The van der Waals surface area contributed by atoms with Crippen LogP contribution >= 0.6 is 0 Å². The van der Waals surface area contributed by atoms with Crippen molar-refractivity contribution in [3.8, 4) is 0 Å². The maximum atomic E-state index is 5.88. The lowest BCUT2D eigenvalue weighted by Gasteiger charge is -2.27. The van der Waals surface area contributed by atoms with Crippen molar-refractivity contribution in [2.24, 2.45) is 5.92 Å². The van der Waals surface area contributed by atoms with E-state index < -0.39 is 5.50 Å². The van der Waals surface area contributed by atoms with Gasteiger partial charge in [-0.05, 0) is 25.7 Å². The molecule has 0 N–H and O–H groups in total. The van der Waals surface area contributed by atoms with E-state index in [4.69, 9.17) is 12.6 Å². The summed E-state index contributed by atoms with van der Waals surface area (Å²) in [6.07, 6.45) is 1.96. The Hall–Kier alpha value is 0.0249. The van der Waals surface area contributed by atoms with Gasteiger partial charge in [-0.2, -0.15) is 0 Å². The maximum absolute atomic E-state index is 5.88. The van der Waals surface area contributed by atoms with Crippen LogP contribution in [0, 0.1) is 5.92 Å². The van der Waals surface area contributed by atoms with Crippen molar-refractivity contribution in [3.05, 3.63) is 0 Å². The van der Waals surface area contributed by atoms with E-state index in [0.29, 0.717) is 5.92 Å². The van der Waals surface area contributed by atoms with Gasteiger partial charge in [0.2, 0.25) is 0 Å². The van der Waals surface area contributed by atoms with Crippen molar-refractivity contribution in [3.63, 3.8) is 0 Å². The van der Waals surface area contributed by atoms with E-state index in [2.05, 4.69) is 20.8 Å². The highest BCUT2D eigenvalue weighted by Crippen LogP contribution is 2.16. The van der Waals surface area contributed by atoms with Gasteiger partial charge in [-0.3, -0.25) is 0 Å². The van der Waals surface area contributed by atoms with Crippen molar-refractivity contribution >= 4 is 7.85 Å². The van der Waals surface area contributed by atoms with Gasteiger partial charge in [0, 0.05) is 12.1 Å². The molecule has 0 rings (SSSR count). The molecule has 64 valence electrons. The maximum Gasteiger partial charge on any atom is 0.113 e. The molecule has 0 saturated carbocycles.